The topological polar surface area (TPSA) is 101 Å². The molecule has 6 heteroatoms. The van der Waals surface area contributed by atoms with Crippen molar-refractivity contribution in [1.82, 2.24) is 0 Å². The van der Waals surface area contributed by atoms with Crippen LogP contribution in [-0.2, 0) is 4.79 Å². The highest BCUT2D eigenvalue weighted by Gasteiger charge is 2.65. The van der Waals surface area contributed by atoms with Crippen LogP contribution in [0.5, 0.6) is 0 Å². The number of quaternary nitrogens is 1. The van der Waals surface area contributed by atoms with E-state index in [1.807, 2.05) is 0 Å². The van der Waals surface area contributed by atoms with E-state index >= 15 is 0 Å². The number of aliphatic hydroxyl groups excluding tert-OH is 3. The average molecular weight is 776 g/mol. The summed E-state index contributed by atoms with van der Waals surface area (Å²) >= 11 is 0. The molecule has 0 radical (unpaired) electrons. The Morgan fingerprint density at radius 3 is 1.67 bits per heavy atom. The zero-order chi connectivity index (χ0) is 40.5. The first-order valence-corrected chi connectivity index (χ1v) is 24.3. The molecule has 55 heavy (non-hydrogen) atoms. The Bertz CT molecular complexity index is 1010. The third-order valence-corrected chi connectivity index (χ3v) is 16.5. The van der Waals surface area contributed by atoms with Gasteiger partial charge in [-0.2, -0.15) is 0 Å². The number of carboxylic acids is 1. The Morgan fingerprint density at radius 2 is 1.18 bits per heavy atom. The Labute approximate surface area is 341 Å². The molecule has 0 aromatic rings. The second-order valence-electron chi connectivity index (χ2n) is 20.5. The van der Waals surface area contributed by atoms with Crippen LogP contribution in [0.1, 0.15) is 215 Å². The van der Waals surface area contributed by atoms with Crippen LogP contribution in [-0.4, -0.2) is 70.8 Å². The van der Waals surface area contributed by atoms with E-state index in [1.165, 1.54) is 140 Å². The van der Waals surface area contributed by atoms with Crippen molar-refractivity contribution >= 4 is 5.97 Å². The molecule has 324 valence electrons. The van der Waals surface area contributed by atoms with Gasteiger partial charge in [0, 0.05) is 5.97 Å². The fourth-order valence-electron chi connectivity index (χ4n) is 12.8. The number of fused-ring (bicyclic) bond motifs is 5. The van der Waals surface area contributed by atoms with Crippen molar-refractivity contribution in [2.45, 2.75) is 233 Å². The van der Waals surface area contributed by atoms with E-state index in [0.29, 0.717) is 18.3 Å². The number of nitrogens with zero attached hydrogens (tertiary/aromatic N) is 1. The van der Waals surface area contributed by atoms with Crippen molar-refractivity contribution in [3.05, 3.63) is 0 Å². The summed E-state index contributed by atoms with van der Waals surface area (Å²) < 4.78 is 1.36. The maximum Gasteiger partial charge on any atom is 0.0784 e. The highest BCUT2D eigenvalue weighted by atomic mass is 16.4. The van der Waals surface area contributed by atoms with Crippen molar-refractivity contribution in [1.29, 1.82) is 0 Å². The molecule has 11 atom stereocenters. The number of aliphatic carboxylic acids is 1. The normalized spacial score (nSPS) is 33.6. The summed E-state index contributed by atoms with van der Waals surface area (Å²) in [4.78, 5) is 11.0. The lowest BCUT2D eigenvalue weighted by atomic mass is 9.43. The smallest absolute Gasteiger partial charge is 0.0784 e. The minimum Gasteiger partial charge on any atom is -0.550 e. The molecule has 0 amide bonds. The van der Waals surface area contributed by atoms with Crippen LogP contribution < -0.4 is 5.11 Å². The van der Waals surface area contributed by atoms with E-state index < -0.39 is 12.1 Å². The summed E-state index contributed by atoms with van der Waals surface area (Å²) in [5, 5.41) is 43.9. The van der Waals surface area contributed by atoms with Gasteiger partial charge in [0.25, 0.3) is 0 Å². The molecule has 4 aliphatic carbocycles. The number of carboxylic acid groups (broad SMARTS) is 1. The molecule has 0 bridgehead atoms. The second-order valence-corrected chi connectivity index (χ2v) is 20.5. The molecule has 4 rings (SSSR count). The summed E-state index contributed by atoms with van der Waals surface area (Å²) in [6, 6.07) is 0. The molecule has 4 saturated carbocycles. The molecule has 4 aliphatic rings. The summed E-state index contributed by atoms with van der Waals surface area (Å²) in [6.07, 6.45) is 31.6. The van der Waals surface area contributed by atoms with E-state index in [-0.39, 0.29) is 53.1 Å². The molecular formula is C49H93NO5. The molecule has 0 aromatic carbocycles. The van der Waals surface area contributed by atoms with Gasteiger partial charge in [0.15, 0.2) is 0 Å². The molecule has 0 saturated heterocycles. The standard InChI is InChI=1S/C25H54N.C24H40O5/c1-5-8-11-14-17-20-23-26(4,24-21-18-15-12-9-6-2)25-22-19-16-13-10-7-3;1-13(4-7-21(28)29)16-5-6-17-22-18(12-20(27)24(16,17)3)23(2)9-8-15(25)10-14(23)11-19(22)26/h5-25H2,1-4H3;13-20,22,25-27H,4-12H2,1-3H3,(H,28,29)/q+1;/p-1/t;13-,14+,15-,16-,17+,18+,19-,20+,22+,23+,24-/m.1/s1. The number of hydrogen-bond donors (Lipinski definition) is 3. The zero-order valence-electron chi connectivity index (χ0n) is 37.5. The third-order valence-electron chi connectivity index (χ3n) is 16.5. The molecule has 4 fully saturated rings. The monoisotopic (exact) mass is 776 g/mol. The van der Waals surface area contributed by atoms with Gasteiger partial charge < -0.3 is 29.7 Å². The average Bonchev–Trinajstić information content (AvgIpc) is 3.51. The first kappa shape index (κ1) is 48.7. The van der Waals surface area contributed by atoms with Gasteiger partial charge >= 0.3 is 0 Å². The van der Waals surface area contributed by atoms with Gasteiger partial charge in [-0.25, -0.2) is 0 Å². The molecule has 0 heterocycles. The fraction of sp³-hybridized carbons (Fsp3) is 0.980. The van der Waals surface area contributed by atoms with Crippen LogP contribution in [0.25, 0.3) is 0 Å². The summed E-state index contributed by atoms with van der Waals surface area (Å²) in [6.45, 7) is 17.9. The van der Waals surface area contributed by atoms with E-state index in [2.05, 4.69) is 48.6 Å². The van der Waals surface area contributed by atoms with Gasteiger partial charge in [0.1, 0.15) is 0 Å². The third kappa shape index (κ3) is 13.9. The van der Waals surface area contributed by atoms with Crippen LogP contribution >= 0.6 is 0 Å². The van der Waals surface area contributed by atoms with Crippen molar-refractivity contribution < 1.29 is 29.7 Å². The van der Waals surface area contributed by atoms with Crippen LogP contribution in [0, 0.1) is 46.3 Å². The number of hydrogen-bond acceptors (Lipinski definition) is 5. The molecule has 0 unspecified atom stereocenters. The number of carbonyl (C=O) groups is 1. The van der Waals surface area contributed by atoms with Gasteiger partial charge in [-0.1, -0.05) is 119 Å². The number of carbonyl (C=O) groups excluding carboxylic acids is 1. The molecular weight excluding hydrogens is 683 g/mol. The molecule has 0 spiro atoms. The van der Waals surface area contributed by atoms with Gasteiger partial charge in [-0.15, -0.1) is 0 Å². The fourth-order valence-corrected chi connectivity index (χ4v) is 12.8. The first-order chi connectivity index (χ1) is 26.3. The first-order valence-electron chi connectivity index (χ1n) is 24.3. The van der Waals surface area contributed by atoms with Crippen LogP contribution in [0.4, 0.5) is 0 Å². The number of aliphatic hydroxyl groups is 3. The maximum atomic E-state index is 11.5. The lowest BCUT2D eigenvalue weighted by Gasteiger charge is -2.63. The Hall–Kier alpha value is -0.690. The summed E-state index contributed by atoms with van der Waals surface area (Å²) in [5.74, 6) is 0.635. The molecule has 0 aromatic heterocycles. The number of rotatable bonds is 25. The van der Waals surface area contributed by atoms with Gasteiger partial charge in [-0.3, -0.25) is 0 Å². The van der Waals surface area contributed by atoms with Crippen molar-refractivity contribution in [2.75, 3.05) is 26.7 Å². The largest absolute Gasteiger partial charge is 0.550 e. The van der Waals surface area contributed by atoms with E-state index in [9.17, 15) is 25.2 Å². The predicted octanol–water partition coefficient (Wildman–Crippen LogP) is 10.6. The maximum absolute atomic E-state index is 11.5. The minimum absolute atomic E-state index is 0.0747. The minimum atomic E-state index is -0.998. The van der Waals surface area contributed by atoms with Crippen LogP contribution in [0.15, 0.2) is 0 Å². The zero-order valence-corrected chi connectivity index (χ0v) is 37.5. The SMILES string of the molecule is CCCCCCCC[N+](C)(CCCCCCCC)CCCCCCCC.C[C@H](CCC(=O)[O-])[C@H]1CC[C@H]2[C@@H]3[C@H](O)C[C@@H]4C[C@H](O)CC[C@]4(C)[C@H]3C[C@H](O)[C@]12C. The van der Waals surface area contributed by atoms with Gasteiger partial charge in [0.2, 0.25) is 0 Å². The van der Waals surface area contributed by atoms with Gasteiger partial charge in [0.05, 0.1) is 45.0 Å². The van der Waals surface area contributed by atoms with Crippen molar-refractivity contribution in [3.63, 3.8) is 0 Å². The van der Waals surface area contributed by atoms with E-state index in [1.54, 1.807) is 0 Å². The Kier molecular flexibility index (Phi) is 21.6. The Morgan fingerprint density at radius 1 is 0.691 bits per heavy atom. The van der Waals surface area contributed by atoms with Crippen molar-refractivity contribution in [3.8, 4) is 0 Å². The lowest BCUT2D eigenvalue weighted by Crippen LogP contribution is -2.62. The lowest BCUT2D eigenvalue weighted by molar-refractivity contribution is -0.910. The molecule has 0 aliphatic heterocycles. The molecule has 6 nitrogen and oxygen atoms in total. The van der Waals surface area contributed by atoms with Gasteiger partial charge in [-0.05, 0) is 143 Å². The quantitative estimate of drug-likeness (QED) is 0.0633. The highest BCUT2D eigenvalue weighted by Crippen LogP contribution is 2.68. The highest BCUT2D eigenvalue weighted by molar-refractivity contribution is 5.64. The Balaban J connectivity index is 0.000000298. The van der Waals surface area contributed by atoms with Crippen molar-refractivity contribution in [2.24, 2.45) is 46.3 Å². The van der Waals surface area contributed by atoms with E-state index in [0.717, 1.165) is 44.9 Å². The number of unbranched alkanes of at least 4 members (excludes halogenated alkanes) is 15. The van der Waals surface area contributed by atoms with Crippen LogP contribution in [0.2, 0.25) is 0 Å². The van der Waals surface area contributed by atoms with Crippen LogP contribution in [0.3, 0.4) is 0 Å². The molecule has 3 N–H and O–H groups in total. The predicted molar refractivity (Wildman–Crippen MR) is 228 cm³/mol. The summed E-state index contributed by atoms with van der Waals surface area (Å²) in [5.41, 5.74) is -0.172. The summed E-state index contributed by atoms with van der Waals surface area (Å²) in [7, 11) is 2.56. The van der Waals surface area contributed by atoms with E-state index in [4.69, 9.17) is 0 Å². The second kappa shape index (κ2) is 24.4.